The number of nitroso groups, excluding NO2 is 1. The van der Waals surface area contributed by atoms with Gasteiger partial charge in [0, 0.05) is 0 Å². The number of sulfonamides is 1. The molecule has 0 atom stereocenters. The van der Waals surface area contributed by atoms with Crippen LogP contribution in [0.15, 0.2) is 52.5 Å². The van der Waals surface area contributed by atoms with E-state index in [1.807, 2.05) is 0 Å². The first-order chi connectivity index (χ1) is 9.90. The molecule has 0 fully saturated rings. The number of rotatable bonds is 5. The topological polar surface area (TPSA) is 140 Å². The van der Waals surface area contributed by atoms with E-state index >= 15 is 0 Å². The van der Waals surface area contributed by atoms with Gasteiger partial charge >= 0.3 is 0 Å². The number of hydrogen-bond donors (Lipinski definition) is 4. The Kier molecular flexibility index (Phi) is 4.05. The monoisotopic (exact) mass is 307 g/mol. The second-order valence-electron chi connectivity index (χ2n) is 4.18. The van der Waals surface area contributed by atoms with Gasteiger partial charge in [0.25, 0.3) is 0 Å². The molecule has 0 aliphatic carbocycles. The van der Waals surface area contributed by atoms with E-state index in [0.29, 0.717) is 17.1 Å². The number of nitrogen functional groups attached to an aromatic ring is 1. The summed E-state index contributed by atoms with van der Waals surface area (Å²) in [5.41, 5.74) is 13.2. The Labute approximate surface area is 121 Å². The average Bonchev–Trinajstić information content (AvgIpc) is 2.45. The standard InChI is InChI=1S/C12H13N5O3S/c13-11-7-9(17-18)3-6-12(11)16-15-8-1-4-10(5-2-8)21(14,19)20/h1-7,15-16H,13H2,(H2,14,19,20). The molecular formula is C12H13N5O3S. The van der Waals surface area contributed by atoms with Gasteiger partial charge in [-0.15, -0.1) is 4.91 Å². The third-order valence-corrected chi connectivity index (χ3v) is 3.59. The van der Waals surface area contributed by atoms with Crippen molar-refractivity contribution in [2.75, 3.05) is 16.6 Å². The van der Waals surface area contributed by atoms with E-state index in [2.05, 4.69) is 16.0 Å². The van der Waals surface area contributed by atoms with E-state index in [-0.39, 0.29) is 10.6 Å². The molecule has 0 radical (unpaired) electrons. The molecule has 0 amide bonds. The van der Waals surface area contributed by atoms with Crippen molar-refractivity contribution in [3.8, 4) is 0 Å². The molecule has 0 aromatic heterocycles. The zero-order valence-corrected chi connectivity index (χ0v) is 11.6. The van der Waals surface area contributed by atoms with Crippen LogP contribution in [-0.4, -0.2) is 8.42 Å². The van der Waals surface area contributed by atoms with Gasteiger partial charge in [0.05, 0.1) is 22.0 Å². The van der Waals surface area contributed by atoms with Crippen molar-refractivity contribution in [2.24, 2.45) is 10.3 Å². The lowest BCUT2D eigenvalue weighted by Crippen LogP contribution is -2.13. The summed E-state index contributed by atoms with van der Waals surface area (Å²) in [4.78, 5) is 10.4. The summed E-state index contributed by atoms with van der Waals surface area (Å²) in [6, 6.07) is 10.4. The molecule has 0 aliphatic rings. The minimum absolute atomic E-state index is 0.0222. The fourth-order valence-corrected chi connectivity index (χ4v) is 2.10. The Bertz CT molecular complexity index is 759. The van der Waals surface area contributed by atoms with Crippen LogP contribution in [0.2, 0.25) is 0 Å². The van der Waals surface area contributed by atoms with Crippen LogP contribution < -0.4 is 21.7 Å². The second kappa shape index (κ2) is 5.77. The summed E-state index contributed by atoms with van der Waals surface area (Å²) in [6.07, 6.45) is 0. The van der Waals surface area contributed by atoms with Crippen molar-refractivity contribution in [3.63, 3.8) is 0 Å². The molecule has 0 unspecified atom stereocenters. The molecule has 0 aliphatic heterocycles. The van der Waals surface area contributed by atoms with Crippen LogP contribution in [0.3, 0.4) is 0 Å². The Morgan fingerprint density at radius 3 is 2.19 bits per heavy atom. The quantitative estimate of drug-likeness (QED) is 0.377. The van der Waals surface area contributed by atoms with E-state index in [4.69, 9.17) is 10.9 Å². The number of hydrogen-bond acceptors (Lipinski definition) is 7. The van der Waals surface area contributed by atoms with Crippen LogP contribution in [0.4, 0.5) is 22.7 Å². The third kappa shape index (κ3) is 3.68. The predicted molar refractivity (Wildman–Crippen MR) is 81.4 cm³/mol. The van der Waals surface area contributed by atoms with Gasteiger partial charge in [-0.2, -0.15) is 0 Å². The number of hydrazine groups is 1. The first kappa shape index (κ1) is 14.8. The molecule has 2 aromatic rings. The predicted octanol–water partition coefficient (Wildman–Crippen LogP) is 1.75. The van der Waals surface area contributed by atoms with Crippen LogP contribution in [0.1, 0.15) is 0 Å². The highest BCUT2D eigenvalue weighted by atomic mass is 32.2. The molecule has 0 heterocycles. The van der Waals surface area contributed by atoms with Gasteiger partial charge in [-0.25, -0.2) is 13.6 Å². The molecule has 2 rings (SSSR count). The van der Waals surface area contributed by atoms with Gasteiger partial charge in [0.1, 0.15) is 5.69 Å². The van der Waals surface area contributed by atoms with Crippen molar-refractivity contribution in [3.05, 3.63) is 47.4 Å². The fourth-order valence-electron chi connectivity index (χ4n) is 1.59. The van der Waals surface area contributed by atoms with Crippen molar-refractivity contribution in [1.29, 1.82) is 0 Å². The van der Waals surface area contributed by atoms with E-state index in [0.717, 1.165) is 0 Å². The molecule has 21 heavy (non-hydrogen) atoms. The highest BCUT2D eigenvalue weighted by Gasteiger charge is 2.06. The summed E-state index contributed by atoms with van der Waals surface area (Å²) in [5, 5.41) is 7.78. The van der Waals surface area contributed by atoms with Gasteiger partial charge in [-0.3, -0.25) is 5.43 Å². The summed E-state index contributed by atoms with van der Waals surface area (Å²) in [7, 11) is -3.71. The number of nitrogens with one attached hydrogen (secondary N) is 2. The Morgan fingerprint density at radius 2 is 1.67 bits per heavy atom. The first-order valence-electron chi connectivity index (χ1n) is 5.78. The van der Waals surface area contributed by atoms with Crippen LogP contribution in [-0.2, 0) is 10.0 Å². The molecule has 8 nitrogen and oxygen atoms in total. The third-order valence-electron chi connectivity index (χ3n) is 2.66. The van der Waals surface area contributed by atoms with Crippen LogP contribution in [0, 0.1) is 4.91 Å². The molecule has 0 bridgehead atoms. The van der Waals surface area contributed by atoms with Crippen LogP contribution in [0.5, 0.6) is 0 Å². The Hall–Kier alpha value is -2.65. The van der Waals surface area contributed by atoms with Crippen LogP contribution in [0.25, 0.3) is 0 Å². The summed E-state index contributed by atoms with van der Waals surface area (Å²) < 4.78 is 22.2. The van der Waals surface area contributed by atoms with E-state index in [9.17, 15) is 13.3 Å². The van der Waals surface area contributed by atoms with Gasteiger partial charge < -0.3 is 11.2 Å². The Balaban J connectivity index is 2.08. The number of anilines is 3. The molecule has 9 heteroatoms. The fraction of sp³-hybridized carbons (Fsp3) is 0. The maximum absolute atomic E-state index is 11.1. The number of primary sulfonamides is 1. The second-order valence-corrected chi connectivity index (χ2v) is 5.74. The molecule has 0 saturated carbocycles. The van der Waals surface area contributed by atoms with Crippen LogP contribution >= 0.6 is 0 Å². The van der Waals surface area contributed by atoms with E-state index < -0.39 is 10.0 Å². The summed E-state index contributed by atoms with van der Waals surface area (Å²) in [5.74, 6) is 0. The van der Waals surface area contributed by atoms with Gasteiger partial charge in [-0.05, 0) is 47.6 Å². The molecule has 2 aromatic carbocycles. The smallest absolute Gasteiger partial charge is 0.238 e. The minimum atomic E-state index is -3.71. The minimum Gasteiger partial charge on any atom is -0.397 e. The van der Waals surface area contributed by atoms with Crippen molar-refractivity contribution in [1.82, 2.24) is 0 Å². The summed E-state index contributed by atoms with van der Waals surface area (Å²) in [6.45, 7) is 0. The lowest BCUT2D eigenvalue weighted by Gasteiger charge is -2.12. The Morgan fingerprint density at radius 1 is 1.00 bits per heavy atom. The normalized spacial score (nSPS) is 10.9. The molecule has 6 N–H and O–H groups in total. The number of benzene rings is 2. The van der Waals surface area contributed by atoms with Crippen molar-refractivity contribution in [2.45, 2.75) is 4.90 Å². The maximum Gasteiger partial charge on any atom is 0.238 e. The SMILES string of the molecule is Nc1cc(N=O)ccc1NNc1ccc(S(N)(=O)=O)cc1. The zero-order valence-electron chi connectivity index (χ0n) is 10.8. The van der Waals surface area contributed by atoms with Gasteiger partial charge in [-0.1, -0.05) is 0 Å². The highest BCUT2D eigenvalue weighted by molar-refractivity contribution is 7.89. The largest absolute Gasteiger partial charge is 0.397 e. The maximum atomic E-state index is 11.1. The van der Waals surface area contributed by atoms with E-state index in [1.165, 1.54) is 24.3 Å². The highest BCUT2D eigenvalue weighted by Crippen LogP contribution is 2.24. The average molecular weight is 307 g/mol. The van der Waals surface area contributed by atoms with E-state index in [1.54, 1.807) is 18.2 Å². The zero-order chi connectivity index (χ0) is 15.5. The molecular weight excluding hydrogens is 294 g/mol. The first-order valence-corrected chi connectivity index (χ1v) is 7.32. The van der Waals surface area contributed by atoms with Gasteiger partial charge in [0.15, 0.2) is 0 Å². The number of nitrogens with zero attached hydrogens (tertiary/aromatic N) is 1. The molecule has 110 valence electrons. The van der Waals surface area contributed by atoms with Gasteiger partial charge in [0.2, 0.25) is 10.0 Å². The lowest BCUT2D eigenvalue weighted by molar-refractivity contribution is 0.598. The molecule has 0 spiro atoms. The lowest BCUT2D eigenvalue weighted by atomic mass is 10.2. The van der Waals surface area contributed by atoms with Crippen molar-refractivity contribution < 1.29 is 8.42 Å². The molecule has 0 saturated heterocycles. The van der Waals surface area contributed by atoms with Crippen molar-refractivity contribution >= 4 is 32.8 Å². The summed E-state index contributed by atoms with van der Waals surface area (Å²) >= 11 is 0. The number of nitrogens with two attached hydrogens (primary N) is 2.